The van der Waals surface area contributed by atoms with Gasteiger partial charge in [-0.25, -0.2) is 9.78 Å². The number of nitrogens with one attached hydrogen (secondary N) is 1. The molecule has 2 N–H and O–H groups in total. The first-order valence-electron chi connectivity index (χ1n) is 11.2. The van der Waals surface area contributed by atoms with E-state index in [0.29, 0.717) is 35.8 Å². The zero-order valence-corrected chi connectivity index (χ0v) is 19.3. The minimum atomic E-state index is -1.02. The van der Waals surface area contributed by atoms with Crippen LogP contribution < -0.4 is 15.8 Å². The molecule has 0 saturated heterocycles. The van der Waals surface area contributed by atoms with Gasteiger partial charge in [-0.15, -0.1) is 0 Å². The van der Waals surface area contributed by atoms with Crippen LogP contribution in [0, 0.1) is 18.3 Å². The number of fused-ring (bicyclic) bond motifs is 2. The topological polar surface area (TPSA) is 111 Å². The van der Waals surface area contributed by atoms with Gasteiger partial charge in [0.25, 0.3) is 5.56 Å². The molecule has 4 aromatic rings. The van der Waals surface area contributed by atoms with Crippen LogP contribution in [0.4, 0.5) is 11.5 Å². The Morgan fingerprint density at radius 1 is 1.17 bits per heavy atom. The second-order valence-corrected chi connectivity index (χ2v) is 8.75. The molecule has 0 aliphatic carbocycles. The number of hydrogen-bond acceptors (Lipinski definition) is 6. The average Bonchev–Trinajstić information content (AvgIpc) is 3.28. The molecule has 35 heavy (non-hydrogen) atoms. The van der Waals surface area contributed by atoms with Crippen LogP contribution in [-0.4, -0.2) is 20.5 Å². The number of para-hydroxylation sites is 1. The molecule has 0 radical (unpaired) electrons. The van der Waals surface area contributed by atoms with E-state index in [1.165, 1.54) is 10.5 Å². The molecule has 2 aromatic carbocycles. The molecule has 0 spiro atoms. The van der Waals surface area contributed by atoms with Gasteiger partial charge in [0.1, 0.15) is 11.5 Å². The third-order valence-electron chi connectivity index (χ3n) is 6.34. The molecular weight excluding hydrogens is 442 g/mol. The van der Waals surface area contributed by atoms with E-state index in [2.05, 4.69) is 11.4 Å². The van der Waals surface area contributed by atoms with Crippen LogP contribution in [0.3, 0.4) is 0 Å². The predicted octanol–water partition coefficient (Wildman–Crippen LogP) is 4.27. The number of rotatable bonds is 5. The summed E-state index contributed by atoms with van der Waals surface area (Å²) in [6.07, 6.45) is 1.75. The lowest BCUT2D eigenvalue weighted by Crippen LogP contribution is -2.23. The highest BCUT2D eigenvalue weighted by Gasteiger charge is 2.24. The molecule has 0 fully saturated rings. The van der Waals surface area contributed by atoms with Crippen LogP contribution in [0.1, 0.15) is 51.1 Å². The van der Waals surface area contributed by atoms with Gasteiger partial charge < -0.3 is 15.3 Å². The Labute approximate surface area is 201 Å². The minimum Gasteiger partial charge on any atom is -0.478 e. The van der Waals surface area contributed by atoms with Gasteiger partial charge in [-0.05, 0) is 54.8 Å². The molecule has 0 saturated carbocycles. The van der Waals surface area contributed by atoms with Gasteiger partial charge in [0, 0.05) is 36.6 Å². The van der Waals surface area contributed by atoms with Crippen molar-refractivity contribution in [2.75, 3.05) is 10.2 Å². The maximum absolute atomic E-state index is 13.1. The lowest BCUT2D eigenvalue weighted by molar-refractivity contribution is 0.0698. The van der Waals surface area contributed by atoms with Crippen LogP contribution in [0.15, 0.2) is 65.6 Å². The van der Waals surface area contributed by atoms with E-state index >= 15 is 0 Å². The third-order valence-corrected chi connectivity index (χ3v) is 6.34. The number of pyridine rings is 1. The van der Waals surface area contributed by atoms with Crippen molar-refractivity contribution < 1.29 is 9.90 Å². The highest BCUT2D eigenvalue weighted by Crippen LogP contribution is 2.30. The van der Waals surface area contributed by atoms with E-state index in [4.69, 9.17) is 4.98 Å². The van der Waals surface area contributed by atoms with E-state index in [-0.39, 0.29) is 17.2 Å². The maximum atomic E-state index is 13.1. The number of aromatic nitrogens is 2. The first kappa shape index (κ1) is 22.2. The fourth-order valence-corrected chi connectivity index (χ4v) is 4.63. The standard InChI is InChI=1S/C27H23N5O3/c1-16-10-21(17(2)29-23-9-4-3-8-20(23)27(34)35)26-30-24(11-25(33)32(26)13-16)31-14-19-7-5-6-18(12-28)22(19)15-31/h3-11,13,17,29H,14-15H2,1-2H3,(H,34,35). The van der Waals surface area contributed by atoms with Crippen molar-refractivity contribution in [3.8, 4) is 6.07 Å². The number of carbonyl (C=O) groups is 1. The second-order valence-electron chi connectivity index (χ2n) is 8.75. The van der Waals surface area contributed by atoms with Crippen LogP contribution in [0.5, 0.6) is 0 Å². The Balaban J connectivity index is 1.57. The highest BCUT2D eigenvalue weighted by atomic mass is 16.4. The van der Waals surface area contributed by atoms with Crippen molar-refractivity contribution in [3.63, 3.8) is 0 Å². The van der Waals surface area contributed by atoms with Gasteiger partial charge in [-0.3, -0.25) is 9.20 Å². The van der Waals surface area contributed by atoms with Crippen LogP contribution in [-0.2, 0) is 13.1 Å². The quantitative estimate of drug-likeness (QED) is 0.453. The van der Waals surface area contributed by atoms with Crippen molar-refractivity contribution >= 4 is 23.1 Å². The number of hydrogen-bond donors (Lipinski definition) is 2. The zero-order chi connectivity index (χ0) is 24.7. The summed E-state index contributed by atoms with van der Waals surface area (Å²) in [7, 11) is 0. The van der Waals surface area contributed by atoms with E-state index in [0.717, 1.165) is 22.3 Å². The minimum absolute atomic E-state index is 0.172. The molecule has 0 amide bonds. The largest absolute Gasteiger partial charge is 0.478 e. The fourth-order valence-electron chi connectivity index (χ4n) is 4.63. The fraction of sp³-hybridized carbons (Fsp3) is 0.185. The third kappa shape index (κ3) is 3.97. The summed E-state index contributed by atoms with van der Waals surface area (Å²) in [5.74, 6) is -0.477. The summed E-state index contributed by atoms with van der Waals surface area (Å²) in [6.45, 7) is 4.88. The number of aryl methyl sites for hydroxylation is 1. The molecule has 1 unspecified atom stereocenters. The van der Waals surface area contributed by atoms with Crippen molar-refractivity contribution in [2.24, 2.45) is 0 Å². The second kappa shape index (κ2) is 8.61. The first-order chi connectivity index (χ1) is 16.9. The first-order valence-corrected chi connectivity index (χ1v) is 11.2. The summed E-state index contributed by atoms with van der Waals surface area (Å²) in [4.78, 5) is 31.6. The number of carboxylic acid groups (broad SMARTS) is 1. The normalized spacial score (nSPS) is 13.3. The highest BCUT2D eigenvalue weighted by molar-refractivity contribution is 5.94. The van der Waals surface area contributed by atoms with Crippen molar-refractivity contribution in [2.45, 2.75) is 33.0 Å². The SMILES string of the molecule is Cc1cc(C(C)Nc2ccccc2C(=O)O)c2nc(N3Cc4cccc(C#N)c4C3)cc(=O)n2c1. The Bertz CT molecular complexity index is 1580. The van der Waals surface area contributed by atoms with Gasteiger partial charge in [-0.1, -0.05) is 24.3 Å². The number of nitrogens with zero attached hydrogens (tertiary/aromatic N) is 4. The van der Waals surface area contributed by atoms with Gasteiger partial charge in [0.15, 0.2) is 0 Å². The van der Waals surface area contributed by atoms with Gasteiger partial charge in [0.2, 0.25) is 0 Å². The molecule has 0 bridgehead atoms. The maximum Gasteiger partial charge on any atom is 0.337 e. The van der Waals surface area contributed by atoms with Crippen LogP contribution in [0.25, 0.3) is 5.65 Å². The van der Waals surface area contributed by atoms with Crippen molar-refractivity contribution in [1.29, 1.82) is 5.26 Å². The van der Waals surface area contributed by atoms with E-state index in [1.54, 1.807) is 36.5 Å². The molecular formula is C27H23N5O3. The summed E-state index contributed by atoms with van der Waals surface area (Å²) >= 11 is 0. The molecule has 1 aliphatic rings. The average molecular weight is 466 g/mol. The van der Waals surface area contributed by atoms with Crippen molar-refractivity contribution in [1.82, 2.24) is 9.38 Å². The molecule has 8 heteroatoms. The summed E-state index contributed by atoms with van der Waals surface area (Å²) in [5, 5.41) is 22.3. The molecule has 3 heterocycles. The van der Waals surface area contributed by atoms with Gasteiger partial charge >= 0.3 is 5.97 Å². The van der Waals surface area contributed by atoms with Crippen LogP contribution in [0.2, 0.25) is 0 Å². The lowest BCUT2D eigenvalue weighted by atomic mass is 10.1. The van der Waals surface area contributed by atoms with E-state index in [1.807, 2.05) is 36.9 Å². The molecule has 2 aromatic heterocycles. The Morgan fingerprint density at radius 3 is 2.74 bits per heavy atom. The molecule has 8 nitrogen and oxygen atoms in total. The summed E-state index contributed by atoms with van der Waals surface area (Å²) in [5.41, 5.74) is 5.27. The summed E-state index contributed by atoms with van der Waals surface area (Å²) in [6, 6.07) is 17.8. The Kier molecular flexibility index (Phi) is 5.46. The van der Waals surface area contributed by atoms with Gasteiger partial charge in [0.05, 0.1) is 23.2 Å². The van der Waals surface area contributed by atoms with Crippen molar-refractivity contribution in [3.05, 3.63) is 105 Å². The zero-order valence-electron chi connectivity index (χ0n) is 19.3. The van der Waals surface area contributed by atoms with Gasteiger partial charge in [-0.2, -0.15) is 5.26 Å². The number of anilines is 2. The number of benzene rings is 2. The predicted molar refractivity (Wildman–Crippen MR) is 133 cm³/mol. The number of nitriles is 1. The smallest absolute Gasteiger partial charge is 0.337 e. The lowest BCUT2D eigenvalue weighted by Gasteiger charge is -2.21. The summed E-state index contributed by atoms with van der Waals surface area (Å²) < 4.78 is 1.53. The Morgan fingerprint density at radius 2 is 1.97 bits per heavy atom. The molecule has 174 valence electrons. The molecule has 5 rings (SSSR count). The Hall–Kier alpha value is -4.64. The molecule has 1 atom stereocenters. The monoisotopic (exact) mass is 465 g/mol. The number of aromatic carboxylic acids is 1. The van der Waals surface area contributed by atoms with E-state index < -0.39 is 5.97 Å². The van der Waals surface area contributed by atoms with E-state index in [9.17, 15) is 20.0 Å². The number of carboxylic acids is 1. The molecule has 1 aliphatic heterocycles. The van der Waals surface area contributed by atoms with Crippen LogP contribution >= 0.6 is 0 Å².